The van der Waals surface area contributed by atoms with E-state index in [1.165, 1.54) is 19.3 Å². The van der Waals surface area contributed by atoms with Gasteiger partial charge in [-0.1, -0.05) is 25.8 Å². The summed E-state index contributed by atoms with van der Waals surface area (Å²) in [5.74, 6) is 0. The first kappa shape index (κ1) is 11.9. The van der Waals surface area contributed by atoms with Gasteiger partial charge in [-0.2, -0.15) is 0 Å². The molecule has 0 heterocycles. The van der Waals surface area contributed by atoms with Crippen molar-refractivity contribution in [3.63, 3.8) is 0 Å². The molecular formula is C7H14O3. The molecule has 10 heavy (non-hydrogen) atoms. The van der Waals surface area contributed by atoms with Gasteiger partial charge in [-0.25, -0.2) is 5.26 Å². The molecule has 0 amide bonds. The van der Waals surface area contributed by atoms with Crippen molar-refractivity contribution in [1.29, 1.82) is 0 Å². The summed E-state index contributed by atoms with van der Waals surface area (Å²) < 4.78 is 0. The van der Waals surface area contributed by atoms with Crippen LogP contribution in [0.2, 0.25) is 0 Å². The topological polar surface area (TPSA) is 46.5 Å². The molecule has 3 nitrogen and oxygen atoms in total. The fourth-order valence-corrected chi connectivity index (χ4v) is 0.348. The van der Waals surface area contributed by atoms with Gasteiger partial charge in [-0.05, 0) is 6.42 Å². The van der Waals surface area contributed by atoms with Crippen molar-refractivity contribution in [2.75, 3.05) is 0 Å². The highest BCUT2D eigenvalue weighted by Crippen LogP contribution is 1.91. The summed E-state index contributed by atoms with van der Waals surface area (Å²) >= 11 is 0. The molecule has 0 aliphatic rings. The molecule has 3 heteroatoms. The van der Waals surface area contributed by atoms with Gasteiger partial charge in [0.05, 0.1) is 0 Å². The second-order valence-corrected chi connectivity index (χ2v) is 1.63. The summed E-state index contributed by atoms with van der Waals surface area (Å²) in [4.78, 5) is 11.6. The molecule has 0 aromatic heterocycles. The van der Waals surface area contributed by atoms with E-state index in [1.807, 2.05) is 6.08 Å². The largest absolute Gasteiger partial charge is 0.330 e. The molecule has 0 aliphatic heterocycles. The summed E-state index contributed by atoms with van der Waals surface area (Å²) in [5, 5.41) is 7.01. The van der Waals surface area contributed by atoms with Gasteiger partial charge in [0.15, 0.2) is 0 Å². The molecule has 0 rings (SSSR count). The Kier molecular flexibility index (Phi) is 18.7. The monoisotopic (exact) mass is 146 g/mol. The van der Waals surface area contributed by atoms with Crippen LogP contribution >= 0.6 is 0 Å². The molecular weight excluding hydrogens is 132 g/mol. The molecule has 1 N–H and O–H groups in total. The van der Waals surface area contributed by atoms with E-state index < -0.39 is 0 Å². The standard InChI is InChI=1S/C6H12.CH2O3/c1-3-5-6-4-2;2-1-4-3/h3H,1,4-6H2,2H3;1,3H. The third-order valence-electron chi connectivity index (χ3n) is 0.805. The van der Waals surface area contributed by atoms with Crippen molar-refractivity contribution in [1.82, 2.24) is 0 Å². The van der Waals surface area contributed by atoms with Gasteiger partial charge in [0, 0.05) is 0 Å². The van der Waals surface area contributed by atoms with Gasteiger partial charge < -0.3 is 4.89 Å². The average Bonchev–Trinajstić information content (AvgIpc) is 2.01. The minimum atomic E-state index is -0.0694. The van der Waals surface area contributed by atoms with Crippen LogP contribution in [-0.2, 0) is 9.68 Å². The quantitative estimate of drug-likeness (QED) is 0.217. The second-order valence-electron chi connectivity index (χ2n) is 1.63. The lowest BCUT2D eigenvalue weighted by atomic mass is 10.3. The molecule has 0 aliphatic carbocycles. The zero-order valence-corrected chi connectivity index (χ0v) is 6.25. The summed E-state index contributed by atoms with van der Waals surface area (Å²) in [7, 11) is 0. The molecule has 0 atom stereocenters. The van der Waals surface area contributed by atoms with Crippen LogP contribution in [0.3, 0.4) is 0 Å². The number of carbonyl (C=O) groups excluding carboxylic acids is 1. The molecule has 0 saturated carbocycles. The Labute approximate surface area is 61.2 Å². The third-order valence-corrected chi connectivity index (χ3v) is 0.805. The molecule has 0 unspecified atom stereocenters. The van der Waals surface area contributed by atoms with Crippen LogP contribution < -0.4 is 0 Å². The maximum atomic E-state index is 8.70. The molecule has 0 fully saturated rings. The van der Waals surface area contributed by atoms with Crippen molar-refractivity contribution in [2.45, 2.75) is 26.2 Å². The Balaban J connectivity index is 0. The molecule has 0 aromatic carbocycles. The van der Waals surface area contributed by atoms with Crippen LogP contribution in [0.1, 0.15) is 26.2 Å². The van der Waals surface area contributed by atoms with Crippen LogP contribution in [0.25, 0.3) is 0 Å². The smallest absolute Gasteiger partial charge is 0.304 e. The van der Waals surface area contributed by atoms with Gasteiger partial charge >= 0.3 is 6.47 Å². The van der Waals surface area contributed by atoms with E-state index >= 15 is 0 Å². The molecule has 0 saturated heterocycles. The summed E-state index contributed by atoms with van der Waals surface area (Å²) in [6.45, 7) is 5.71. The molecule has 0 aromatic rings. The number of hydrogen-bond donors (Lipinski definition) is 1. The highest BCUT2D eigenvalue weighted by molar-refractivity contribution is 5.35. The van der Waals surface area contributed by atoms with E-state index in [0.29, 0.717) is 0 Å². The second kappa shape index (κ2) is 15.7. The first-order valence-corrected chi connectivity index (χ1v) is 3.18. The summed E-state index contributed by atoms with van der Waals surface area (Å²) in [6.07, 6.45) is 5.72. The zero-order chi connectivity index (χ0) is 8.24. The maximum Gasteiger partial charge on any atom is 0.330 e. The van der Waals surface area contributed by atoms with E-state index in [0.717, 1.165) is 0 Å². The lowest BCUT2D eigenvalue weighted by molar-refractivity contribution is -0.217. The SMILES string of the molecule is C=CCCCC.O=COO. The van der Waals surface area contributed by atoms with E-state index in [9.17, 15) is 0 Å². The molecule has 0 bridgehead atoms. The van der Waals surface area contributed by atoms with E-state index in [4.69, 9.17) is 10.1 Å². The predicted octanol–water partition coefficient (Wildman–Crippen LogP) is 1.99. The fraction of sp³-hybridized carbons (Fsp3) is 0.571. The van der Waals surface area contributed by atoms with E-state index in [2.05, 4.69) is 18.4 Å². The number of rotatable bonds is 4. The lowest BCUT2D eigenvalue weighted by Crippen LogP contribution is -1.69. The van der Waals surface area contributed by atoms with Crippen LogP contribution in [0, 0.1) is 0 Å². The minimum absolute atomic E-state index is 0.0694. The first-order valence-electron chi connectivity index (χ1n) is 3.18. The highest BCUT2D eigenvalue weighted by Gasteiger charge is 1.71. The van der Waals surface area contributed by atoms with Crippen LogP contribution in [-0.4, -0.2) is 11.7 Å². The van der Waals surface area contributed by atoms with E-state index in [-0.39, 0.29) is 6.47 Å². The summed E-state index contributed by atoms with van der Waals surface area (Å²) in [5.41, 5.74) is 0. The average molecular weight is 146 g/mol. The van der Waals surface area contributed by atoms with Crippen LogP contribution in [0.15, 0.2) is 12.7 Å². The first-order chi connectivity index (χ1) is 4.83. The lowest BCUT2D eigenvalue weighted by Gasteiger charge is -1.81. The Bertz CT molecular complexity index is 71.3. The van der Waals surface area contributed by atoms with Gasteiger partial charge in [0.1, 0.15) is 0 Å². The van der Waals surface area contributed by atoms with Crippen molar-refractivity contribution in [3.8, 4) is 0 Å². The van der Waals surface area contributed by atoms with Crippen LogP contribution in [0.5, 0.6) is 0 Å². The van der Waals surface area contributed by atoms with Gasteiger partial charge in [0.25, 0.3) is 0 Å². The minimum Gasteiger partial charge on any atom is -0.304 e. The predicted molar refractivity (Wildman–Crippen MR) is 39.5 cm³/mol. The normalized spacial score (nSPS) is 7.00. The molecule has 0 radical (unpaired) electrons. The Hall–Kier alpha value is -0.830. The van der Waals surface area contributed by atoms with Crippen molar-refractivity contribution in [3.05, 3.63) is 12.7 Å². The maximum absolute atomic E-state index is 8.70. The Morgan fingerprint density at radius 3 is 2.30 bits per heavy atom. The number of unbranched alkanes of at least 4 members (excludes halogenated alkanes) is 2. The summed E-state index contributed by atoms with van der Waals surface area (Å²) in [6, 6.07) is 0. The van der Waals surface area contributed by atoms with Crippen molar-refractivity contribution >= 4 is 6.47 Å². The Morgan fingerprint density at radius 1 is 1.70 bits per heavy atom. The number of carbonyl (C=O) groups is 1. The van der Waals surface area contributed by atoms with Crippen molar-refractivity contribution < 1.29 is 14.9 Å². The highest BCUT2D eigenvalue weighted by atomic mass is 17.1. The van der Waals surface area contributed by atoms with Crippen LogP contribution in [0.4, 0.5) is 0 Å². The number of hydrogen-bond acceptors (Lipinski definition) is 3. The molecule has 60 valence electrons. The number of allylic oxidation sites excluding steroid dienone is 1. The van der Waals surface area contributed by atoms with Gasteiger partial charge in [-0.3, -0.25) is 4.79 Å². The van der Waals surface area contributed by atoms with Crippen molar-refractivity contribution in [2.24, 2.45) is 0 Å². The van der Waals surface area contributed by atoms with E-state index in [1.54, 1.807) is 0 Å². The van der Waals surface area contributed by atoms with Gasteiger partial charge in [-0.15, -0.1) is 6.58 Å². The third kappa shape index (κ3) is 27.2. The Morgan fingerprint density at radius 2 is 2.20 bits per heavy atom. The molecule has 0 spiro atoms. The van der Waals surface area contributed by atoms with Gasteiger partial charge in [0.2, 0.25) is 0 Å². The zero-order valence-electron chi connectivity index (χ0n) is 6.25. The fourth-order valence-electron chi connectivity index (χ4n) is 0.348.